The van der Waals surface area contributed by atoms with Gasteiger partial charge in [0.05, 0.1) is 0 Å². The Morgan fingerprint density at radius 1 is 1.04 bits per heavy atom. The Balaban J connectivity index is 1.60. The molecule has 0 spiro atoms. The maximum absolute atomic E-state index is 12.4. The standard InChI is InChI=1S/C21H21ClN4O/c1-15-25-19(21(27)23-12-11-16-7-3-2-4-8-16)13-20(26-15)24-14-17-9-5-6-10-18(17)22/h2-10,13H,11-12,14H2,1H3,(H,23,27)(H,24,25,26). The molecule has 2 N–H and O–H groups in total. The van der Waals surface area contributed by atoms with Crippen molar-refractivity contribution in [2.75, 3.05) is 11.9 Å². The summed E-state index contributed by atoms with van der Waals surface area (Å²) in [5, 5.41) is 6.80. The molecule has 27 heavy (non-hydrogen) atoms. The van der Waals surface area contributed by atoms with E-state index in [0.29, 0.717) is 35.4 Å². The number of carbonyl (C=O) groups excluding carboxylic acids is 1. The highest BCUT2D eigenvalue weighted by Crippen LogP contribution is 2.16. The van der Waals surface area contributed by atoms with E-state index < -0.39 is 0 Å². The van der Waals surface area contributed by atoms with E-state index in [1.54, 1.807) is 13.0 Å². The third-order valence-corrected chi connectivity index (χ3v) is 4.40. The van der Waals surface area contributed by atoms with Crippen LogP contribution in [0.2, 0.25) is 5.02 Å². The van der Waals surface area contributed by atoms with Crippen molar-refractivity contribution in [1.82, 2.24) is 15.3 Å². The van der Waals surface area contributed by atoms with Crippen LogP contribution >= 0.6 is 11.6 Å². The van der Waals surface area contributed by atoms with Gasteiger partial charge in [0.2, 0.25) is 0 Å². The Morgan fingerprint density at radius 3 is 2.56 bits per heavy atom. The molecule has 0 aliphatic heterocycles. The molecule has 3 rings (SSSR count). The fourth-order valence-electron chi connectivity index (χ4n) is 2.66. The van der Waals surface area contributed by atoms with E-state index in [1.807, 2.05) is 54.6 Å². The van der Waals surface area contributed by atoms with Gasteiger partial charge in [0, 0.05) is 24.2 Å². The molecule has 0 unspecified atom stereocenters. The molecule has 3 aromatic rings. The lowest BCUT2D eigenvalue weighted by atomic mass is 10.1. The zero-order valence-electron chi connectivity index (χ0n) is 15.1. The van der Waals surface area contributed by atoms with Gasteiger partial charge in [0.25, 0.3) is 5.91 Å². The summed E-state index contributed by atoms with van der Waals surface area (Å²) in [6, 6.07) is 19.3. The topological polar surface area (TPSA) is 66.9 Å². The number of nitrogens with zero attached hydrogens (tertiary/aromatic N) is 2. The molecule has 0 saturated heterocycles. The maximum Gasteiger partial charge on any atom is 0.270 e. The van der Waals surface area contributed by atoms with E-state index in [9.17, 15) is 4.79 Å². The number of halogens is 1. The number of nitrogens with one attached hydrogen (secondary N) is 2. The second kappa shape index (κ2) is 9.14. The predicted octanol–water partition coefficient (Wildman–Crippen LogP) is 4.02. The van der Waals surface area contributed by atoms with Gasteiger partial charge in [-0.25, -0.2) is 9.97 Å². The van der Waals surface area contributed by atoms with Crippen LogP contribution in [0.3, 0.4) is 0 Å². The summed E-state index contributed by atoms with van der Waals surface area (Å²) < 4.78 is 0. The van der Waals surface area contributed by atoms with Crippen LogP contribution in [0, 0.1) is 6.92 Å². The first-order valence-electron chi connectivity index (χ1n) is 8.77. The van der Waals surface area contributed by atoms with Crippen molar-refractivity contribution in [3.63, 3.8) is 0 Å². The van der Waals surface area contributed by atoms with Crippen molar-refractivity contribution in [3.05, 3.63) is 88.3 Å². The molecule has 0 atom stereocenters. The SMILES string of the molecule is Cc1nc(NCc2ccccc2Cl)cc(C(=O)NCCc2ccccc2)n1. The minimum atomic E-state index is -0.211. The molecule has 6 heteroatoms. The molecule has 1 amide bonds. The third kappa shape index (κ3) is 5.53. The predicted molar refractivity (Wildman–Crippen MR) is 108 cm³/mol. The maximum atomic E-state index is 12.4. The number of aryl methyl sites for hydroxylation is 1. The first-order valence-corrected chi connectivity index (χ1v) is 9.15. The highest BCUT2D eigenvalue weighted by molar-refractivity contribution is 6.31. The lowest BCUT2D eigenvalue weighted by Gasteiger charge is -2.10. The first-order chi connectivity index (χ1) is 13.1. The Morgan fingerprint density at radius 2 is 1.78 bits per heavy atom. The quantitative estimate of drug-likeness (QED) is 0.649. The van der Waals surface area contributed by atoms with Gasteiger partial charge < -0.3 is 10.6 Å². The fraction of sp³-hybridized carbons (Fsp3) is 0.190. The van der Waals surface area contributed by atoms with E-state index in [2.05, 4.69) is 20.6 Å². The Kier molecular flexibility index (Phi) is 6.39. The van der Waals surface area contributed by atoms with Gasteiger partial charge >= 0.3 is 0 Å². The molecular weight excluding hydrogens is 360 g/mol. The minimum Gasteiger partial charge on any atom is -0.366 e. The number of hydrogen-bond acceptors (Lipinski definition) is 4. The van der Waals surface area contributed by atoms with E-state index in [4.69, 9.17) is 11.6 Å². The third-order valence-electron chi connectivity index (χ3n) is 4.03. The summed E-state index contributed by atoms with van der Waals surface area (Å²) in [5.74, 6) is 0.917. The molecular formula is C21H21ClN4O. The Hall–Kier alpha value is -2.92. The number of hydrogen-bond donors (Lipinski definition) is 2. The summed E-state index contributed by atoms with van der Waals surface area (Å²) in [6.07, 6.45) is 0.772. The first kappa shape index (κ1) is 18.9. The van der Waals surface area contributed by atoms with Crippen LogP contribution in [0.5, 0.6) is 0 Å². The molecule has 0 aliphatic carbocycles. The van der Waals surface area contributed by atoms with Gasteiger partial charge in [-0.2, -0.15) is 0 Å². The monoisotopic (exact) mass is 380 g/mol. The van der Waals surface area contributed by atoms with Gasteiger partial charge in [0.1, 0.15) is 17.3 Å². The number of benzene rings is 2. The normalized spacial score (nSPS) is 10.4. The minimum absolute atomic E-state index is 0.211. The summed E-state index contributed by atoms with van der Waals surface area (Å²) in [6.45, 7) is 2.83. The van der Waals surface area contributed by atoms with Gasteiger partial charge in [-0.3, -0.25) is 4.79 Å². The molecule has 0 saturated carbocycles. The number of amides is 1. The fourth-order valence-corrected chi connectivity index (χ4v) is 2.86. The lowest BCUT2D eigenvalue weighted by molar-refractivity contribution is 0.0949. The second-order valence-electron chi connectivity index (χ2n) is 6.12. The molecule has 0 fully saturated rings. The molecule has 1 heterocycles. The summed E-state index contributed by atoms with van der Waals surface area (Å²) in [5.41, 5.74) is 2.49. The van der Waals surface area contributed by atoms with Crippen LogP contribution in [0.4, 0.5) is 5.82 Å². The number of aromatic nitrogens is 2. The van der Waals surface area contributed by atoms with Crippen LogP contribution in [0.1, 0.15) is 27.4 Å². The Bertz CT molecular complexity index is 915. The molecule has 138 valence electrons. The van der Waals surface area contributed by atoms with Crippen LogP contribution in [0.15, 0.2) is 60.7 Å². The van der Waals surface area contributed by atoms with E-state index in [-0.39, 0.29) is 5.91 Å². The van der Waals surface area contributed by atoms with Crippen LogP contribution in [-0.2, 0) is 13.0 Å². The molecule has 2 aromatic carbocycles. The van der Waals surface area contributed by atoms with Gasteiger partial charge in [0.15, 0.2) is 0 Å². The summed E-state index contributed by atoms with van der Waals surface area (Å²) in [4.78, 5) is 21.0. The van der Waals surface area contributed by atoms with E-state index >= 15 is 0 Å². The zero-order valence-corrected chi connectivity index (χ0v) is 15.8. The average Bonchev–Trinajstić information content (AvgIpc) is 2.68. The van der Waals surface area contributed by atoms with Crippen molar-refractivity contribution in [1.29, 1.82) is 0 Å². The summed E-state index contributed by atoms with van der Waals surface area (Å²) >= 11 is 6.17. The van der Waals surface area contributed by atoms with Gasteiger partial charge in [-0.15, -0.1) is 0 Å². The van der Waals surface area contributed by atoms with Crippen LogP contribution in [0.25, 0.3) is 0 Å². The van der Waals surface area contributed by atoms with Crippen molar-refractivity contribution in [2.24, 2.45) is 0 Å². The van der Waals surface area contributed by atoms with E-state index in [0.717, 1.165) is 12.0 Å². The van der Waals surface area contributed by atoms with E-state index in [1.165, 1.54) is 5.56 Å². The number of anilines is 1. The van der Waals surface area contributed by atoms with Crippen molar-refractivity contribution < 1.29 is 4.79 Å². The molecule has 0 aliphatic rings. The van der Waals surface area contributed by atoms with Crippen molar-refractivity contribution in [3.8, 4) is 0 Å². The van der Waals surface area contributed by atoms with Gasteiger partial charge in [-0.05, 0) is 30.5 Å². The highest BCUT2D eigenvalue weighted by Gasteiger charge is 2.10. The number of carbonyl (C=O) groups is 1. The van der Waals surface area contributed by atoms with Crippen molar-refractivity contribution >= 4 is 23.3 Å². The van der Waals surface area contributed by atoms with Gasteiger partial charge in [-0.1, -0.05) is 60.1 Å². The lowest BCUT2D eigenvalue weighted by Crippen LogP contribution is -2.27. The van der Waals surface area contributed by atoms with Crippen LogP contribution < -0.4 is 10.6 Å². The number of rotatable bonds is 7. The van der Waals surface area contributed by atoms with Crippen LogP contribution in [-0.4, -0.2) is 22.4 Å². The zero-order chi connectivity index (χ0) is 19.1. The summed E-state index contributed by atoms with van der Waals surface area (Å²) in [7, 11) is 0. The molecule has 5 nitrogen and oxygen atoms in total. The largest absolute Gasteiger partial charge is 0.366 e. The highest BCUT2D eigenvalue weighted by atomic mass is 35.5. The Labute approximate surface area is 163 Å². The average molecular weight is 381 g/mol. The molecule has 0 radical (unpaired) electrons. The smallest absolute Gasteiger partial charge is 0.270 e. The second-order valence-corrected chi connectivity index (χ2v) is 6.53. The van der Waals surface area contributed by atoms with Crippen molar-refractivity contribution in [2.45, 2.75) is 19.9 Å². The molecule has 1 aromatic heterocycles. The molecule has 0 bridgehead atoms.